The second-order valence-corrected chi connectivity index (χ2v) is 7.40. The van der Waals surface area contributed by atoms with E-state index in [1.165, 1.54) is 11.6 Å². The number of nitrogens with zero attached hydrogens (tertiary/aromatic N) is 3. The topological polar surface area (TPSA) is 80.3 Å². The van der Waals surface area contributed by atoms with Crippen molar-refractivity contribution in [2.24, 2.45) is 0 Å². The molecule has 7 heteroatoms. The minimum absolute atomic E-state index is 0.131. The summed E-state index contributed by atoms with van der Waals surface area (Å²) in [4.78, 5) is 26.4. The number of H-pyrrole nitrogens is 1. The van der Waals surface area contributed by atoms with E-state index in [1.807, 2.05) is 31.2 Å². The van der Waals surface area contributed by atoms with E-state index in [0.29, 0.717) is 12.3 Å². The van der Waals surface area contributed by atoms with Gasteiger partial charge in [0.15, 0.2) is 11.5 Å². The fraction of sp³-hybridized carbons (Fsp3) is 0.348. The molecule has 0 amide bonds. The summed E-state index contributed by atoms with van der Waals surface area (Å²) in [5.74, 6) is 2.45. The highest BCUT2D eigenvalue weighted by molar-refractivity contribution is 5.57. The Kier molecular flexibility index (Phi) is 6.09. The smallest absolute Gasteiger partial charge is 0.251 e. The summed E-state index contributed by atoms with van der Waals surface area (Å²) in [6, 6.07) is 11.4. The Bertz CT molecular complexity index is 1050. The lowest BCUT2D eigenvalue weighted by Gasteiger charge is -2.17. The van der Waals surface area contributed by atoms with Gasteiger partial charge in [-0.2, -0.15) is 0 Å². The molecule has 1 aromatic carbocycles. The van der Waals surface area contributed by atoms with Crippen LogP contribution in [0.5, 0.6) is 11.5 Å². The molecule has 0 unspecified atom stereocenters. The standard InChI is InChI=1S/C23H26N4O3/c1-3-30-20-7-6-16(11-21(20)29-2)14-27-10-8-18(15-27)23-25-19(12-22(28)26-23)17-5-4-9-24-13-17/h4-7,9,11-13,18H,3,8,10,14-15H2,1-2H3,(H,25,26,28)/t18-/m0/s1. The molecule has 1 aliphatic rings. The fourth-order valence-corrected chi connectivity index (χ4v) is 3.87. The predicted octanol–water partition coefficient (Wildman–Crippen LogP) is 3.23. The maximum absolute atomic E-state index is 12.2. The number of hydrogen-bond donors (Lipinski definition) is 1. The molecule has 0 radical (unpaired) electrons. The molecule has 1 N–H and O–H groups in total. The molecular formula is C23H26N4O3. The first-order chi connectivity index (χ1) is 14.7. The Morgan fingerprint density at radius 2 is 2.13 bits per heavy atom. The number of likely N-dealkylation sites (tertiary alicyclic amines) is 1. The van der Waals surface area contributed by atoms with Crippen LogP contribution in [0.4, 0.5) is 0 Å². The molecule has 156 valence electrons. The maximum Gasteiger partial charge on any atom is 0.251 e. The first-order valence-electron chi connectivity index (χ1n) is 10.2. The second kappa shape index (κ2) is 9.09. The molecule has 1 fully saturated rings. The summed E-state index contributed by atoms with van der Waals surface area (Å²) in [6.45, 7) is 5.16. The van der Waals surface area contributed by atoms with Crippen LogP contribution in [0.15, 0.2) is 53.6 Å². The van der Waals surface area contributed by atoms with Crippen molar-refractivity contribution in [3.05, 3.63) is 70.5 Å². The van der Waals surface area contributed by atoms with Gasteiger partial charge in [-0.05, 0) is 49.7 Å². The van der Waals surface area contributed by atoms with E-state index in [2.05, 4.69) is 20.9 Å². The molecule has 0 spiro atoms. The summed E-state index contributed by atoms with van der Waals surface area (Å²) in [6.07, 6.45) is 4.39. The normalized spacial score (nSPS) is 16.5. The van der Waals surface area contributed by atoms with Gasteiger partial charge in [-0.1, -0.05) is 6.07 Å². The molecule has 1 atom stereocenters. The highest BCUT2D eigenvalue weighted by Crippen LogP contribution is 2.31. The molecule has 0 saturated carbocycles. The average molecular weight is 406 g/mol. The van der Waals surface area contributed by atoms with Gasteiger partial charge < -0.3 is 14.5 Å². The number of ether oxygens (including phenoxy) is 2. The summed E-state index contributed by atoms with van der Waals surface area (Å²) >= 11 is 0. The van der Waals surface area contributed by atoms with Crippen molar-refractivity contribution in [2.75, 3.05) is 26.8 Å². The Balaban J connectivity index is 1.47. The Hall–Kier alpha value is -3.19. The van der Waals surface area contributed by atoms with Crippen LogP contribution in [0.25, 0.3) is 11.3 Å². The van der Waals surface area contributed by atoms with E-state index in [0.717, 1.165) is 48.9 Å². The van der Waals surface area contributed by atoms with Crippen molar-refractivity contribution < 1.29 is 9.47 Å². The number of methoxy groups -OCH3 is 1. The van der Waals surface area contributed by atoms with Gasteiger partial charge in [-0.15, -0.1) is 0 Å². The van der Waals surface area contributed by atoms with E-state index in [-0.39, 0.29) is 11.5 Å². The third-order valence-electron chi connectivity index (χ3n) is 5.31. The lowest BCUT2D eigenvalue weighted by molar-refractivity contribution is 0.307. The quantitative estimate of drug-likeness (QED) is 0.649. The van der Waals surface area contributed by atoms with Crippen LogP contribution < -0.4 is 15.0 Å². The molecule has 3 heterocycles. The van der Waals surface area contributed by atoms with Crippen LogP contribution in [0.1, 0.15) is 30.7 Å². The number of benzene rings is 1. The number of hydrogen-bond acceptors (Lipinski definition) is 6. The van der Waals surface area contributed by atoms with Gasteiger partial charge in [0.05, 0.1) is 19.4 Å². The molecule has 3 aromatic rings. The van der Waals surface area contributed by atoms with E-state index in [1.54, 1.807) is 19.5 Å². The van der Waals surface area contributed by atoms with Gasteiger partial charge in [0.2, 0.25) is 0 Å². The zero-order chi connectivity index (χ0) is 20.9. The van der Waals surface area contributed by atoms with Gasteiger partial charge in [0, 0.05) is 43.0 Å². The summed E-state index contributed by atoms with van der Waals surface area (Å²) in [5, 5.41) is 0. The molecule has 0 aliphatic carbocycles. The summed E-state index contributed by atoms with van der Waals surface area (Å²) in [7, 11) is 1.66. The Labute approximate surface area is 175 Å². The van der Waals surface area contributed by atoms with E-state index in [9.17, 15) is 4.79 Å². The van der Waals surface area contributed by atoms with E-state index in [4.69, 9.17) is 14.5 Å². The van der Waals surface area contributed by atoms with Gasteiger partial charge >= 0.3 is 0 Å². The molecule has 1 aliphatic heterocycles. The number of nitrogens with one attached hydrogen (secondary N) is 1. The molecule has 7 nitrogen and oxygen atoms in total. The summed E-state index contributed by atoms with van der Waals surface area (Å²) in [5.41, 5.74) is 2.55. The highest BCUT2D eigenvalue weighted by atomic mass is 16.5. The Morgan fingerprint density at radius 1 is 1.23 bits per heavy atom. The molecule has 0 bridgehead atoms. The zero-order valence-corrected chi connectivity index (χ0v) is 17.3. The lowest BCUT2D eigenvalue weighted by Crippen LogP contribution is -2.21. The first kappa shape index (κ1) is 20.1. The van der Waals surface area contributed by atoms with Gasteiger partial charge in [-0.3, -0.25) is 14.7 Å². The van der Waals surface area contributed by atoms with Crippen LogP contribution in [0.2, 0.25) is 0 Å². The number of rotatable bonds is 7. The van der Waals surface area contributed by atoms with Crippen molar-refractivity contribution in [2.45, 2.75) is 25.8 Å². The average Bonchev–Trinajstić information content (AvgIpc) is 3.24. The molecule has 30 heavy (non-hydrogen) atoms. The van der Waals surface area contributed by atoms with Crippen molar-refractivity contribution in [3.63, 3.8) is 0 Å². The maximum atomic E-state index is 12.2. The number of aromatic nitrogens is 3. The van der Waals surface area contributed by atoms with E-state index < -0.39 is 0 Å². The number of pyridine rings is 1. The van der Waals surface area contributed by atoms with E-state index >= 15 is 0 Å². The monoisotopic (exact) mass is 406 g/mol. The third-order valence-corrected chi connectivity index (χ3v) is 5.31. The fourth-order valence-electron chi connectivity index (χ4n) is 3.87. The van der Waals surface area contributed by atoms with Crippen LogP contribution in [0, 0.1) is 0 Å². The second-order valence-electron chi connectivity index (χ2n) is 7.40. The van der Waals surface area contributed by atoms with Gasteiger partial charge in [-0.25, -0.2) is 4.98 Å². The molecule has 2 aromatic heterocycles. The lowest BCUT2D eigenvalue weighted by atomic mass is 10.1. The van der Waals surface area contributed by atoms with Crippen LogP contribution in [-0.2, 0) is 6.54 Å². The SMILES string of the molecule is CCOc1ccc(CN2CC[C@H](c3nc(-c4cccnc4)cc(=O)[nH]3)C2)cc1OC. The van der Waals surface area contributed by atoms with Crippen molar-refractivity contribution >= 4 is 0 Å². The van der Waals surface area contributed by atoms with Crippen LogP contribution in [-0.4, -0.2) is 46.7 Å². The Morgan fingerprint density at radius 3 is 2.90 bits per heavy atom. The molecule has 4 rings (SSSR count). The predicted molar refractivity (Wildman–Crippen MR) is 115 cm³/mol. The zero-order valence-electron chi connectivity index (χ0n) is 17.3. The van der Waals surface area contributed by atoms with Crippen LogP contribution >= 0.6 is 0 Å². The van der Waals surface area contributed by atoms with Crippen molar-refractivity contribution in [3.8, 4) is 22.8 Å². The largest absolute Gasteiger partial charge is 0.493 e. The third kappa shape index (κ3) is 4.52. The van der Waals surface area contributed by atoms with Crippen molar-refractivity contribution in [1.29, 1.82) is 0 Å². The minimum atomic E-state index is -0.131. The molecule has 1 saturated heterocycles. The summed E-state index contributed by atoms with van der Waals surface area (Å²) < 4.78 is 11.1. The first-order valence-corrected chi connectivity index (χ1v) is 10.2. The van der Waals surface area contributed by atoms with Crippen molar-refractivity contribution in [1.82, 2.24) is 19.9 Å². The van der Waals surface area contributed by atoms with Gasteiger partial charge in [0.1, 0.15) is 5.82 Å². The minimum Gasteiger partial charge on any atom is -0.493 e. The molecular weight excluding hydrogens is 380 g/mol. The van der Waals surface area contributed by atoms with Crippen LogP contribution in [0.3, 0.4) is 0 Å². The number of aromatic amines is 1. The highest BCUT2D eigenvalue weighted by Gasteiger charge is 2.26. The van der Waals surface area contributed by atoms with Gasteiger partial charge in [0.25, 0.3) is 5.56 Å².